The average molecular weight is 197 g/mol. The SMILES string of the molecule is C1CCC(CNC2=NCCCO2)NC1. The van der Waals surface area contributed by atoms with Gasteiger partial charge in [0, 0.05) is 25.6 Å². The molecule has 0 radical (unpaired) electrons. The van der Waals surface area contributed by atoms with Gasteiger partial charge in [0.1, 0.15) is 0 Å². The van der Waals surface area contributed by atoms with E-state index in [1.165, 1.54) is 19.3 Å². The molecule has 2 N–H and O–H groups in total. The molecule has 4 nitrogen and oxygen atoms in total. The minimum absolute atomic E-state index is 0.594. The van der Waals surface area contributed by atoms with Crippen LogP contribution in [0.15, 0.2) is 4.99 Å². The van der Waals surface area contributed by atoms with E-state index in [2.05, 4.69) is 15.6 Å². The molecule has 1 saturated heterocycles. The molecule has 0 saturated carbocycles. The smallest absolute Gasteiger partial charge is 0.284 e. The zero-order valence-electron chi connectivity index (χ0n) is 8.59. The topological polar surface area (TPSA) is 45.7 Å². The third-order valence-electron chi connectivity index (χ3n) is 2.71. The van der Waals surface area contributed by atoms with Crippen molar-refractivity contribution in [2.75, 3.05) is 26.2 Å². The van der Waals surface area contributed by atoms with Gasteiger partial charge in [-0.1, -0.05) is 6.42 Å². The summed E-state index contributed by atoms with van der Waals surface area (Å²) in [6.45, 7) is 3.81. The summed E-state index contributed by atoms with van der Waals surface area (Å²) in [7, 11) is 0. The second-order valence-corrected chi connectivity index (χ2v) is 3.92. The van der Waals surface area contributed by atoms with Crippen molar-refractivity contribution in [2.45, 2.75) is 31.7 Å². The van der Waals surface area contributed by atoms with E-state index in [1.54, 1.807) is 0 Å². The summed E-state index contributed by atoms with van der Waals surface area (Å²) < 4.78 is 5.38. The molecule has 0 bridgehead atoms. The van der Waals surface area contributed by atoms with Crippen molar-refractivity contribution in [1.29, 1.82) is 0 Å². The van der Waals surface area contributed by atoms with Crippen molar-refractivity contribution in [3.63, 3.8) is 0 Å². The fraction of sp³-hybridized carbons (Fsp3) is 0.900. The Labute approximate surface area is 85.1 Å². The molecule has 80 valence electrons. The molecule has 0 aromatic carbocycles. The second-order valence-electron chi connectivity index (χ2n) is 3.92. The maximum absolute atomic E-state index is 5.38. The van der Waals surface area contributed by atoms with Crippen LogP contribution < -0.4 is 10.6 Å². The van der Waals surface area contributed by atoms with Crippen molar-refractivity contribution < 1.29 is 4.74 Å². The Morgan fingerprint density at radius 2 is 2.43 bits per heavy atom. The lowest BCUT2D eigenvalue weighted by Crippen LogP contribution is -2.44. The van der Waals surface area contributed by atoms with Gasteiger partial charge in [0.15, 0.2) is 0 Å². The van der Waals surface area contributed by atoms with Gasteiger partial charge in [-0.25, -0.2) is 4.99 Å². The van der Waals surface area contributed by atoms with E-state index in [9.17, 15) is 0 Å². The first-order chi connectivity index (χ1) is 6.95. The van der Waals surface area contributed by atoms with Gasteiger partial charge in [-0.3, -0.25) is 0 Å². The van der Waals surface area contributed by atoms with Crippen molar-refractivity contribution in [3.8, 4) is 0 Å². The maximum atomic E-state index is 5.38. The number of nitrogens with zero attached hydrogens (tertiary/aromatic N) is 1. The molecule has 0 aromatic rings. The third-order valence-corrected chi connectivity index (χ3v) is 2.71. The summed E-state index contributed by atoms with van der Waals surface area (Å²) in [6, 6.07) is 1.33. The molecule has 4 heteroatoms. The van der Waals surface area contributed by atoms with Crippen LogP contribution >= 0.6 is 0 Å². The lowest BCUT2D eigenvalue weighted by molar-refractivity contribution is 0.263. The molecule has 0 amide bonds. The van der Waals surface area contributed by atoms with Crippen molar-refractivity contribution in [3.05, 3.63) is 0 Å². The largest absolute Gasteiger partial charge is 0.465 e. The van der Waals surface area contributed by atoms with Gasteiger partial charge in [0.25, 0.3) is 6.02 Å². The fourth-order valence-electron chi connectivity index (χ4n) is 1.88. The predicted molar refractivity (Wildman–Crippen MR) is 56.5 cm³/mol. The van der Waals surface area contributed by atoms with E-state index in [-0.39, 0.29) is 0 Å². The molecule has 14 heavy (non-hydrogen) atoms. The Morgan fingerprint density at radius 3 is 3.14 bits per heavy atom. The summed E-state index contributed by atoms with van der Waals surface area (Å²) in [5, 5.41) is 6.74. The summed E-state index contributed by atoms with van der Waals surface area (Å²) >= 11 is 0. The highest BCUT2D eigenvalue weighted by molar-refractivity contribution is 5.73. The summed E-state index contributed by atoms with van der Waals surface area (Å²) in [5.41, 5.74) is 0. The average Bonchev–Trinajstić information content (AvgIpc) is 2.29. The van der Waals surface area contributed by atoms with Crippen LogP contribution in [-0.2, 0) is 4.74 Å². The number of amidine groups is 1. The van der Waals surface area contributed by atoms with Crippen molar-refractivity contribution >= 4 is 6.02 Å². The van der Waals surface area contributed by atoms with Gasteiger partial charge in [-0.05, 0) is 19.4 Å². The summed E-state index contributed by atoms with van der Waals surface area (Å²) in [6.07, 6.45) is 4.97. The van der Waals surface area contributed by atoms with E-state index >= 15 is 0 Å². The molecule has 0 aliphatic carbocycles. The number of nitrogens with one attached hydrogen (secondary N) is 2. The normalized spacial score (nSPS) is 27.7. The van der Waals surface area contributed by atoms with Crippen LogP contribution in [-0.4, -0.2) is 38.3 Å². The molecule has 0 spiro atoms. The number of hydrogen-bond acceptors (Lipinski definition) is 4. The molecule has 2 heterocycles. The molecule has 1 fully saturated rings. The Kier molecular flexibility index (Phi) is 3.63. The highest BCUT2D eigenvalue weighted by Crippen LogP contribution is 2.05. The van der Waals surface area contributed by atoms with Crippen LogP contribution in [0.1, 0.15) is 25.7 Å². The standard InChI is InChI=1S/C10H19N3O/c1-2-5-11-9(4-1)8-13-10-12-6-3-7-14-10/h9,11H,1-8H2,(H,12,13). The Balaban J connectivity index is 1.67. The van der Waals surface area contributed by atoms with E-state index in [0.29, 0.717) is 6.04 Å². The minimum Gasteiger partial charge on any atom is -0.465 e. The van der Waals surface area contributed by atoms with E-state index in [0.717, 1.165) is 38.7 Å². The van der Waals surface area contributed by atoms with E-state index in [4.69, 9.17) is 4.74 Å². The van der Waals surface area contributed by atoms with Crippen molar-refractivity contribution in [2.24, 2.45) is 4.99 Å². The number of aliphatic imine (C=N–C) groups is 1. The van der Waals surface area contributed by atoms with Crippen LogP contribution in [0.4, 0.5) is 0 Å². The first-order valence-electron chi connectivity index (χ1n) is 5.59. The minimum atomic E-state index is 0.594. The number of hydrogen-bond donors (Lipinski definition) is 2. The number of ether oxygens (including phenoxy) is 1. The summed E-state index contributed by atoms with van der Waals surface area (Å²) in [4.78, 5) is 4.27. The van der Waals surface area contributed by atoms with Crippen molar-refractivity contribution in [1.82, 2.24) is 10.6 Å². The molecule has 1 unspecified atom stereocenters. The molecule has 2 aliphatic rings. The Hall–Kier alpha value is -0.770. The zero-order chi connectivity index (χ0) is 9.64. The highest BCUT2D eigenvalue weighted by Gasteiger charge is 2.13. The molecule has 2 aliphatic heterocycles. The van der Waals surface area contributed by atoms with Gasteiger partial charge < -0.3 is 15.4 Å². The lowest BCUT2D eigenvalue weighted by atomic mass is 10.1. The molecule has 1 atom stereocenters. The van der Waals surface area contributed by atoms with Crippen LogP contribution in [0, 0.1) is 0 Å². The number of piperidine rings is 1. The predicted octanol–water partition coefficient (Wildman–Crippen LogP) is 0.494. The van der Waals surface area contributed by atoms with Crippen LogP contribution in [0.2, 0.25) is 0 Å². The second kappa shape index (κ2) is 5.20. The maximum Gasteiger partial charge on any atom is 0.284 e. The molecule has 2 rings (SSSR count). The highest BCUT2D eigenvalue weighted by atomic mass is 16.5. The monoisotopic (exact) mass is 197 g/mol. The quantitative estimate of drug-likeness (QED) is 0.677. The molecule has 0 aromatic heterocycles. The lowest BCUT2D eigenvalue weighted by Gasteiger charge is -2.24. The van der Waals surface area contributed by atoms with Gasteiger partial charge in [0.05, 0.1) is 6.61 Å². The van der Waals surface area contributed by atoms with Gasteiger partial charge in [-0.2, -0.15) is 0 Å². The third kappa shape index (κ3) is 2.87. The van der Waals surface area contributed by atoms with E-state index in [1.807, 2.05) is 0 Å². The fourth-order valence-corrected chi connectivity index (χ4v) is 1.88. The molecular formula is C10H19N3O. The van der Waals surface area contributed by atoms with Gasteiger partial charge in [-0.15, -0.1) is 0 Å². The van der Waals surface area contributed by atoms with E-state index < -0.39 is 0 Å². The first kappa shape index (κ1) is 9.77. The first-order valence-corrected chi connectivity index (χ1v) is 5.59. The van der Waals surface area contributed by atoms with Gasteiger partial charge >= 0.3 is 0 Å². The summed E-state index contributed by atoms with van der Waals surface area (Å²) in [5.74, 6) is 0. The van der Waals surface area contributed by atoms with Gasteiger partial charge in [0.2, 0.25) is 0 Å². The number of rotatable bonds is 2. The zero-order valence-corrected chi connectivity index (χ0v) is 8.59. The Morgan fingerprint density at radius 1 is 1.43 bits per heavy atom. The van der Waals surface area contributed by atoms with Crippen LogP contribution in [0.5, 0.6) is 0 Å². The van der Waals surface area contributed by atoms with Crippen LogP contribution in [0.3, 0.4) is 0 Å². The molecular weight excluding hydrogens is 178 g/mol. The Bertz CT molecular complexity index is 200. The van der Waals surface area contributed by atoms with Crippen LogP contribution in [0.25, 0.3) is 0 Å².